The molecule has 10 N–H and O–H groups in total. The van der Waals surface area contributed by atoms with Crippen LogP contribution in [-0.2, 0) is 46.4 Å². The highest BCUT2D eigenvalue weighted by molar-refractivity contribution is 7.97. The number of ether oxygens (including phenoxy) is 4. The van der Waals surface area contributed by atoms with Crippen molar-refractivity contribution in [2.75, 3.05) is 31.2 Å². The Hall–Kier alpha value is -5.27. The molecule has 6 rings (SSSR count). The molecular formula is C35H48N12O18P2S. The van der Waals surface area contributed by atoms with Crippen molar-refractivity contribution in [3.05, 3.63) is 63.8 Å². The number of aromatic nitrogens is 7. The molecule has 2 saturated heterocycles. The number of carbonyl (C=O) groups excluding carboxylic acids is 2. The smallest absolute Gasteiger partial charge is 0.455 e. The largest absolute Gasteiger partial charge is 0.472 e. The van der Waals surface area contributed by atoms with Crippen LogP contribution in [0.25, 0.3) is 11.2 Å². The number of fused-ring (bicyclic) bond motifs is 1. The summed E-state index contributed by atoms with van der Waals surface area (Å²) < 4.78 is 68.6. The number of hydrogen-bond donors (Lipinski definition) is 8. The lowest BCUT2D eigenvalue weighted by molar-refractivity contribution is -0.388. The average Bonchev–Trinajstić information content (AvgIpc) is 3.94. The first-order valence-electron chi connectivity index (χ1n) is 20.3. The van der Waals surface area contributed by atoms with Gasteiger partial charge in [0.15, 0.2) is 28.8 Å². The minimum absolute atomic E-state index is 0.0227. The number of rotatable bonds is 21. The molecule has 4 aromatic rings. The van der Waals surface area contributed by atoms with Crippen molar-refractivity contribution in [1.29, 1.82) is 0 Å². The van der Waals surface area contributed by atoms with Gasteiger partial charge in [0.25, 0.3) is 0 Å². The molecule has 372 valence electrons. The fraction of sp³-hybridized carbons (Fsp3) is 0.543. The summed E-state index contributed by atoms with van der Waals surface area (Å²) in [5, 5.41) is 25.7. The minimum Gasteiger partial charge on any atom is -0.455 e. The number of nitrogen functional groups attached to an aromatic ring is 2. The van der Waals surface area contributed by atoms with Gasteiger partial charge in [0.05, 0.1) is 24.5 Å². The predicted octanol–water partition coefficient (Wildman–Crippen LogP) is 0.980. The van der Waals surface area contributed by atoms with Crippen LogP contribution in [0, 0.1) is 10.1 Å². The third-order valence-electron chi connectivity index (χ3n) is 9.76. The van der Waals surface area contributed by atoms with Crippen LogP contribution in [0.4, 0.5) is 22.1 Å². The number of nitrogens with zero attached hydrogens (tertiary/aromatic N) is 8. The second-order valence-corrected chi connectivity index (χ2v) is 19.4. The van der Waals surface area contributed by atoms with E-state index in [4.69, 9.17) is 39.5 Å². The van der Waals surface area contributed by atoms with Crippen LogP contribution in [0.3, 0.4) is 0 Å². The Labute approximate surface area is 388 Å². The van der Waals surface area contributed by atoms with Crippen molar-refractivity contribution < 1.29 is 75.9 Å². The SMILES string of the molecule is CC(C)(C)OC(=O)N[C@@H](CCCCNSc1ncccc1[N+](=O)[O-])C(=O)O[C@H]1[C@@H](O)[C@H](n2cnc3c(N)ncnc32)O[C@@H]1COP(=O)(O)O[C@H]1C[C@H](n2ccc(N)nc2=O)O[C@@H]1COP(=O)(O)O. The zero-order valence-electron chi connectivity index (χ0n) is 36.1. The third kappa shape index (κ3) is 13.9. The molecule has 6 heterocycles. The summed E-state index contributed by atoms with van der Waals surface area (Å²) in [4.78, 5) is 99.9. The molecule has 30 nitrogen and oxygen atoms in total. The van der Waals surface area contributed by atoms with Crippen molar-refractivity contribution in [3.63, 3.8) is 0 Å². The van der Waals surface area contributed by atoms with Gasteiger partial charge in [0, 0.05) is 31.4 Å². The van der Waals surface area contributed by atoms with Gasteiger partial charge in [-0.2, -0.15) is 4.98 Å². The molecule has 2 fully saturated rings. The lowest BCUT2D eigenvalue weighted by Crippen LogP contribution is -2.47. The fourth-order valence-corrected chi connectivity index (χ4v) is 8.83. The number of amides is 1. The van der Waals surface area contributed by atoms with Crippen LogP contribution in [0.2, 0.25) is 0 Å². The molecule has 0 aromatic carbocycles. The summed E-state index contributed by atoms with van der Waals surface area (Å²) in [6.45, 7) is 3.26. The van der Waals surface area contributed by atoms with E-state index in [1.165, 1.54) is 41.5 Å². The summed E-state index contributed by atoms with van der Waals surface area (Å²) in [6, 6.07) is 2.58. The molecule has 0 spiro atoms. The molecule has 9 atom stereocenters. The summed E-state index contributed by atoms with van der Waals surface area (Å²) >= 11 is 0.933. The number of aliphatic hydroxyl groups is 1. The fourth-order valence-electron chi connectivity index (χ4n) is 6.78. The van der Waals surface area contributed by atoms with Crippen molar-refractivity contribution in [3.8, 4) is 0 Å². The van der Waals surface area contributed by atoms with Gasteiger partial charge >= 0.3 is 39.1 Å². The van der Waals surface area contributed by atoms with Gasteiger partial charge in [-0.25, -0.2) is 43.4 Å². The van der Waals surface area contributed by atoms with E-state index in [2.05, 4.69) is 39.5 Å². The number of nitrogens with two attached hydrogens (primary N) is 2. The molecule has 0 radical (unpaired) electrons. The van der Waals surface area contributed by atoms with E-state index >= 15 is 0 Å². The van der Waals surface area contributed by atoms with E-state index in [1.54, 1.807) is 20.8 Å². The number of phosphoric acid groups is 2. The quantitative estimate of drug-likeness (QED) is 0.0144. The van der Waals surface area contributed by atoms with Crippen molar-refractivity contribution in [2.24, 2.45) is 0 Å². The topological polar surface area (TPSA) is 424 Å². The van der Waals surface area contributed by atoms with Crippen molar-refractivity contribution in [1.82, 2.24) is 44.1 Å². The first-order chi connectivity index (χ1) is 32.0. The first kappa shape index (κ1) is 52.1. The third-order valence-corrected chi connectivity index (χ3v) is 12.1. The Morgan fingerprint density at radius 2 is 1.81 bits per heavy atom. The lowest BCUT2D eigenvalue weighted by Gasteiger charge is -2.26. The number of anilines is 2. The normalized spacial score (nSPS) is 23.2. The van der Waals surface area contributed by atoms with Gasteiger partial charge < -0.3 is 55.5 Å². The van der Waals surface area contributed by atoms with Crippen LogP contribution < -0.4 is 27.2 Å². The summed E-state index contributed by atoms with van der Waals surface area (Å²) in [6.07, 6.45) is -6.65. The number of imidazole rings is 1. The molecule has 2 aliphatic heterocycles. The van der Waals surface area contributed by atoms with E-state index in [-0.39, 0.29) is 59.3 Å². The Balaban J connectivity index is 1.19. The molecule has 0 aliphatic carbocycles. The Kier molecular flexibility index (Phi) is 16.9. The number of hydrogen-bond acceptors (Lipinski definition) is 24. The Morgan fingerprint density at radius 3 is 2.51 bits per heavy atom. The standard InChI is InChI=1S/C35H48N12O18P2S/c1-35(2,3)64-34(51)43-18(7-4-5-11-42-68-30-19(47(52)53)8-6-10-38-30)32(49)63-27-22(62-31(26(27)48)46-17-41-25-28(37)39-16-40-29(25)46)15-60-67(57,58)65-20-13-24(45-12-9-23(36)44-33(45)50)61-21(20)14-59-66(54,55)56/h6,8-10,12,16-18,20-22,24,26-27,31,42,48H,4-5,7,11,13-15H2,1-3H3,(H,43,51)(H,57,58)(H2,36,44,50)(H2,37,39,40)(H2,54,55,56)/t18-,20-,21+,22+,24+,26+,27+,31+/m0/s1. The van der Waals surface area contributed by atoms with Crippen LogP contribution >= 0.6 is 27.6 Å². The molecule has 0 saturated carbocycles. The summed E-state index contributed by atoms with van der Waals surface area (Å²) in [5.41, 5.74) is 9.67. The van der Waals surface area contributed by atoms with Crippen LogP contribution in [0.1, 0.15) is 58.9 Å². The molecule has 1 amide bonds. The molecule has 68 heavy (non-hydrogen) atoms. The van der Waals surface area contributed by atoms with Gasteiger partial charge in [-0.15, -0.1) is 0 Å². The lowest BCUT2D eigenvalue weighted by atomic mass is 10.1. The Morgan fingerprint density at radius 1 is 1.06 bits per heavy atom. The number of aliphatic hydroxyl groups excluding tert-OH is 1. The molecule has 33 heteroatoms. The number of nitro groups is 1. The number of phosphoric ester groups is 2. The van der Waals surface area contributed by atoms with Crippen LogP contribution in [-0.4, -0.2) is 133 Å². The van der Waals surface area contributed by atoms with E-state index in [1.807, 2.05) is 0 Å². The Bertz CT molecular complexity index is 2600. The maximum atomic E-state index is 14.0. The summed E-state index contributed by atoms with van der Waals surface area (Å²) in [7, 11) is -10.4. The van der Waals surface area contributed by atoms with Gasteiger partial charge in [0.1, 0.15) is 59.9 Å². The molecule has 4 aromatic heterocycles. The van der Waals surface area contributed by atoms with Crippen LogP contribution in [0.15, 0.2) is 53.1 Å². The van der Waals surface area contributed by atoms with Gasteiger partial charge in [-0.05, 0) is 64.1 Å². The second-order valence-electron chi connectivity index (χ2n) is 15.9. The van der Waals surface area contributed by atoms with Gasteiger partial charge in [0.2, 0.25) is 0 Å². The highest BCUT2D eigenvalue weighted by atomic mass is 32.2. The number of unbranched alkanes of at least 4 members (excludes halogenated alkanes) is 1. The second kappa shape index (κ2) is 22.0. The monoisotopic (exact) mass is 1020 g/mol. The molecule has 1 unspecified atom stereocenters. The minimum atomic E-state index is -5.28. The maximum Gasteiger partial charge on any atom is 0.472 e. The maximum absolute atomic E-state index is 14.0. The number of esters is 1. The molecule has 2 aliphatic rings. The highest BCUT2D eigenvalue weighted by Gasteiger charge is 2.50. The zero-order chi connectivity index (χ0) is 49.6. The molecular weight excluding hydrogens is 970 g/mol. The van der Waals surface area contributed by atoms with Gasteiger partial charge in [-0.3, -0.25) is 37.5 Å². The van der Waals surface area contributed by atoms with E-state index in [0.717, 1.165) is 22.8 Å². The number of nitrogens with one attached hydrogen (secondary N) is 2. The van der Waals surface area contributed by atoms with Crippen LogP contribution in [0.5, 0.6) is 0 Å². The zero-order valence-corrected chi connectivity index (χ0v) is 38.8. The molecule has 0 bridgehead atoms. The first-order valence-corrected chi connectivity index (χ1v) is 24.1. The average molecular weight is 1020 g/mol. The highest BCUT2D eigenvalue weighted by Crippen LogP contribution is 2.50. The van der Waals surface area contributed by atoms with Gasteiger partial charge in [-0.1, -0.05) is 0 Å². The summed E-state index contributed by atoms with van der Waals surface area (Å²) in [5.74, 6) is -1.24. The van der Waals surface area contributed by atoms with E-state index in [0.29, 0.717) is 6.42 Å². The van der Waals surface area contributed by atoms with Crippen molar-refractivity contribution in [2.45, 2.75) is 106 Å². The number of pyridine rings is 1. The van der Waals surface area contributed by atoms with Crippen molar-refractivity contribution >= 4 is 68.1 Å². The van der Waals surface area contributed by atoms with E-state index < -0.39 is 106 Å². The predicted molar refractivity (Wildman–Crippen MR) is 231 cm³/mol. The number of carbonyl (C=O) groups is 2. The number of alkyl carbamates (subject to hydrolysis) is 1. The van der Waals surface area contributed by atoms with E-state index in [9.17, 15) is 53.4 Å².